The number of amides is 1. The highest BCUT2D eigenvalue weighted by atomic mass is 35.5. The van der Waals surface area contributed by atoms with Gasteiger partial charge in [-0.3, -0.25) is 14.7 Å². The number of amidine groups is 1. The molecule has 1 aliphatic carbocycles. The molecule has 10 heteroatoms. The molecule has 2 aromatic rings. The van der Waals surface area contributed by atoms with E-state index >= 15 is 0 Å². The van der Waals surface area contributed by atoms with Crippen LogP contribution >= 0.6 is 35.1 Å². The van der Waals surface area contributed by atoms with Gasteiger partial charge in [0.2, 0.25) is 5.91 Å². The zero-order valence-corrected chi connectivity index (χ0v) is 26.8. The number of methoxy groups -OCH3 is 1. The largest absolute Gasteiger partial charge is 0.497 e. The number of ether oxygens (including phenoxy) is 1. The van der Waals surface area contributed by atoms with E-state index in [1.165, 1.54) is 11.8 Å². The van der Waals surface area contributed by atoms with Gasteiger partial charge in [0.1, 0.15) is 12.3 Å². The minimum Gasteiger partial charge on any atom is -0.497 e. The van der Waals surface area contributed by atoms with Crippen LogP contribution in [-0.4, -0.2) is 63.2 Å². The molecule has 0 fully saturated rings. The van der Waals surface area contributed by atoms with E-state index in [1.54, 1.807) is 23.8 Å². The van der Waals surface area contributed by atoms with Gasteiger partial charge in [-0.25, -0.2) is 4.21 Å². The van der Waals surface area contributed by atoms with Gasteiger partial charge in [-0.15, -0.1) is 0 Å². The number of hydrogen-bond acceptors (Lipinski definition) is 6. The number of rotatable bonds is 10. The molecule has 0 aliphatic heterocycles. The van der Waals surface area contributed by atoms with Crippen molar-refractivity contribution in [3.05, 3.63) is 57.6 Å². The van der Waals surface area contributed by atoms with Crippen molar-refractivity contribution in [2.45, 2.75) is 51.5 Å². The Bertz CT molecular complexity index is 1340. The van der Waals surface area contributed by atoms with Crippen molar-refractivity contribution in [1.82, 2.24) is 9.47 Å². The van der Waals surface area contributed by atoms with Gasteiger partial charge in [0.25, 0.3) is 0 Å². The molecular formula is C29H38ClN3O3S3. The Labute approximate surface area is 248 Å². The van der Waals surface area contributed by atoms with Crippen LogP contribution in [0.2, 0.25) is 0 Å². The molecule has 0 radical (unpaired) electrons. The summed E-state index contributed by atoms with van der Waals surface area (Å²) in [6, 6.07) is 5.72. The second-order valence-corrected chi connectivity index (χ2v) is 12.7. The van der Waals surface area contributed by atoms with E-state index in [-0.39, 0.29) is 12.5 Å². The average Bonchev–Trinajstić information content (AvgIpc) is 3.20. The first-order chi connectivity index (χ1) is 18.8. The summed E-state index contributed by atoms with van der Waals surface area (Å²) < 4.78 is 21.6. The molecule has 1 aromatic carbocycles. The first-order valence-electron chi connectivity index (χ1n) is 13.0. The Morgan fingerprint density at radius 1 is 1.23 bits per heavy atom. The lowest BCUT2D eigenvalue weighted by atomic mass is 10.1. The van der Waals surface area contributed by atoms with Crippen LogP contribution in [0.3, 0.4) is 0 Å². The second kappa shape index (κ2) is 15.2. The van der Waals surface area contributed by atoms with Crippen LogP contribution in [0.5, 0.6) is 5.75 Å². The smallest absolute Gasteiger partial charge is 0.248 e. The van der Waals surface area contributed by atoms with Crippen LogP contribution in [0.15, 0.2) is 61.8 Å². The predicted octanol–water partition coefficient (Wildman–Crippen LogP) is 7.13. The van der Waals surface area contributed by atoms with Gasteiger partial charge < -0.3 is 9.30 Å². The average molecular weight is 608 g/mol. The van der Waals surface area contributed by atoms with E-state index in [0.717, 1.165) is 57.3 Å². The number of halogens is 1. The SMILES string of the molecule is CCN=C(SC)N(CCCSC)C(=O)Cn1c(C)c(S(=O)C2=C/CCC=C(Cl)/C(C)=C\2)c2ccc(OC)cc21. The number of thioether (sulfide) groups is 2. The van der Waals surface area contributed by atoms with Gasteiger partial charge in [0.15, 0.2) is 5.17 Å². The van der Waals surface area contributed by atoms with Gasteiger partial charge in [0, 0.05) is 40.2 Å². The highest BCUT2D eigenvalue weighted by molar-refractivity contribution is 8.13. The maximum Gasteiger partial charge on any atom is 0.248 e. The Morgan fingerprint density at radius 3 is 2.64 bits per heavy atom. The monoisotopic (exact) mass is 607 g/mol. The number of fused-ring (bicyclic) bond motifs is 1. The van der Waals surface area contributed by atoms with Crippen molar-refractivity contribution >= 4 is 67.9 Å². The first kappa shape index (κ1) is 31.6. The third kappa shape index (κ3) is 7.63. The normalized spacial score (nSPS) is 17.9. The number of hydrogen-bond donors (Lipinski definition) is 0. The molecular weight excluding hydrogens is 570 g/mol. The van der Waals surface area contributed by atoms with Crippen LogP contribution in [-0.2, 0) is 22.1 Å². The molecule has 0 spiro atoms. The number of allylic oxidation sites excluding steroid dienone is 5. The van der Waals surface area contributed by atoms with Crippen molar-refractivity contribution in [3.63, 3.8) is 0 Å². The molecule has 0 saturated carbocycles. The summed E-state index contributed by atoms with van der Waals surface area (Å²) in [5.41, 5.74) is 2.49. The fourth-order valence-corrected chi connectivity index (χ4v) is 7.28. The highest BCUT2D eigenvalue weighted by Gasteiger charge is 2.26. The fourth-order valence-electron chi connectivity index (χ4n) is 4.48. The molecule has 1 amide bonds. The van der Waals surface area contributed by atoms with E-state index in [0.29, 0.717) is 28.8 Å². The van der Waals surface area contributed by atoms with E-state index in [4.69, 9.17) is 16.3 Å². The van der Waals surface area contributed by atoms with Gasteiger partial charge in [-0.2, -0.15) is 11.8 Å². The maximum absolute atomic E-state index is 14.1. The topological polar surface area (TPSA) is 63.9 Å². The van der Waals surface area contributed by atoms with Crippen molar-refractivity contribution < 1.29 is 13.7 Å². The van der Waals surface area contributed by atoms with Crippen molar-refractivity contribution in [1.29, 1.82) is 0 Å². The summed E-state index contributed by atoms with van der Waals surface area (Å²) >= 11 is 9.66. The number of carbonyl (C=O) groups excluding carboxylic acids is 1. The highest BCUT2D eigenvalue weighted by Crippen LogP contribution is 2.35. The third-order valence-electron chi connectivity index (χ3n) is 6.48. The summed E-state index contributed by atoms with van der Waals surface area (Å²) in [5, 5.41) is 2.26. The number of aromatic nitrogens is 1. The molecule has 1 aromatic heterocycles. The molecule has 0 bridgehead atoms. The van der Waals surface area contributed by atoms with E-state index in [9.17, 15) is 9.00 Å². The predicted molar refractivity (Wildman–Crippen MR) is 171 cm³/mol. The number of nitrogens with zero attached hydrogens (tertiary/aromatic N) is 3. The summed E-state index contributed by atoms with van der Waals surface area (Å²) in [4.78, 5) is 21.6. The summed E-state index contributed by atoms with van der Waals surface area (Å²) in [7, 11) is 0.159. The van der Waals surface area contributed by atoms with Crippen LogP contribution in [0.1, 0.15) is 38.8 Å². The molecule has 6 nitrogen and oxygen atoms in total. The molecule has 1 aliphatic rings. The minimum absolute atomic E-state index is 0.0457. The van der Waals surface area contributed by atoms with Crippen molar-refractivity contribution in [2.24, 2.45) is 4.99 Å². The molecule has 1 unspecified atom stereocenters. The molecule has 1 heterocycles. The van der Waals surface area contributed by atoms with Crippen molar-refractivity contribution in [2.75, 3.05) is 38.5 Å². The maximum atomic E-state index is 14.1. The Morgan fingerprint density at radius 2 is 1.97 bits per heavy atom. The van der Waals surface area contributed by atoms with E-state index in [2.05, 4.69) is 11.2 Å². The Hall–Kier alpha value is -1.94. The molecule has 3 rings (SSSR count). The zero-order chi connectivity index (χ0) is 28.5. The molecule has 0 N–H and O–H groups in total. The first-order valence-corrected chi connectivity index (χ1v) is 17.1. The van der Waals surface area contributed by atoms with Gasteiger partial charge >= 0.3 is 0 Å². The lowest BCUT2D eigenvalue weighted by molar-refractivity contribution is -0.127. The standard InChI is InChI=1S/C29H38ClN3O3S3/c1-7-31-29(38-6)32(15-10-16-37-5)27(34)19-33-21(3)28(24-14-13-22(36-4)18-26(24)33)39(35)23-11-8-9-12-25(30)20(2)17-23/h11-14,17-18H,7-10,15-16,19H2,1-6H3/b20-17-,23-11+,25-12?,31-29?. The Balaban J connectivity index is 2.11. The summed E-state index contributed by atoms with van der Waals surface area (Å²) in [6.45, 7) is 7.16. The molecule has 212 valence electrons. The van der Waals surface area contributed by atoms with Crippen molar-refractivity contribution in [3.8, 4) is 5.75 Å². The van der Waals surface area contributed by atoms with Crippen LogP contribution < -0.4 is 4.74 Å². The van der Waals surface area contributed by atoms with Gasteiger partial charge in [-0.1, -0.05) is 35.5 Å². The van der Waals surface area contributed by atoms with Crippen LogP contribution in [0.25, 0.3) is 10.9 Å². The fraction of sp³-hybridized carbons (Fsp3) is 0.448. The minimum atomic E-state index is -1.46. The summed E-state index contributed by atoms with van der Waals surface area (Å²) in [5.74, 6) is 1.60. The third-order valence-corrected chi connectivity index (χ3v) is 9.94. The van der Waals surface area contributed by atoms with Crippen LogP contribution in [0.4, 0.5) is 0 Å². The number of carbonyl (C=O) groups is 1. The lowest BCUT2D eigenvalue weighted by Crippen LogP contribution is -2.38. The molecule has 1 atom stereocenters. The summed E-state index contributed by atoms with van der Waals surface area (Å²) in [6.07, 6.45) is 12.4. The second-order valence-electron chi connectivity index (χ2n) is 9.07. The number of benzene rings is 1. The quantitative estimate of drug-likeness (QED) is 0.163. The van der Waals surface area contributed by atoms with E-state index < -0.39 is 10.8 Å². The van der Waals surface area contributed by atoms with E-state index in [1.807, 2.05) is 68.0 Å². The number of aliphatic imine (C=N–C) groups is 1. The van der Waals surface area contributed by atoms with Crippen LogP contribution in [0, 0.1) is 6.92 Å². The molecule has 39 heavy (non-hydrogen) atoms. The zero-order valence-electron chi connectivity index (χ0n) is 23.6. The lowest BCUT2D eigenvalue weighted by Gasteiger charge is -2.24. The Kier molecular flexibility index (Phi) is 12.3. The van der Waals surface area contributed by atoms with Gasteiger partial charge in [0.05, 0.1) is 28.3 Å². The molecule has 0 saturated heterocycles. The van der Waals surface area contributed by atoms with Gasteiger partial charge in [-0.05, 0) is 82.1 Å².